The lowest BCUT2D eigenvalue weighted by Crippen LogP contribution is -2.29. The number of hydrogen-bond donors (Lipinski definition) is 5. The lowest BCUT2D eigenvalue weighted by atomic mass is 9.83. The topological polar surface area (TPSA) is 161 Å². The maximum atomic E-state index is 11.9. The quantitative estimate of drug-likeness (QED) is 0.0641. The van der Waals surface area contributed by atoms with Crippen LogP contribution >= 0.6 is 0 Å². The molecule has 0 spiro atoms. The van der Waals surface area contributed by atoms with Crippen LogP contribution in [-0.2, 0) is 23.4 Å². The third-order valence-electron chi connectivity index (χ3n) is 8.81. The highest BCUT2D eigenvalue weighted by molar-refractivity contribution is 5.87. The summed E-state index contributed by atoms with van der Waals surface area (Å²) in [5.41, 5.74) is 2.25. The van der Waals surface area contributed by atoms with Gasteiger partial charge in [-0.2, -0.15) is 0 Å². The molecule has 0 saturated carbocycles. The molecule has 6 aromatic rings. The second-order valence-corrected chi connectivity index (χ2v) is 12.7. The number of aromatic amines is 1. The summed E-state index contributed by atoms with van der Waals surface area (Å²) < 4.78 is 11.7. The van der Waals surface area contributed by atoms with Crippen molar-refractivity contribution in [2.45, 2.75) is 38.0 Å². The second-order valence-electron chi connectivity index (χ2n) is 12.7. The number of hydrogen-bond acceptors (Lipinski definition) is 10. The molecule has 0 aliphatic heterocycles. The second kappa shape index (κ2) is 18.8. The van der Waals surface area contributed by atoms with Crippen molar-refractivity contribution in [1.82, 2.24) is 20.4 Å². The molecule has 53 heavy (non-hydrogen) atoms. The molecule has 4 aromatic carbocycles. The fraction of sp³-hybridized carbons (Fsp3) is 0.262. The minimum absolute atomic E-state index is 0.0303. The van der Waals surface area contributed by atoms with Gasteiger partial charge in [0.05, 0.1) is 24.8 Å². The predicted octanol–water partition coefficient (Wildman–Crippen LogP) is 5.48. The van der Waals surface area contributed by atoms with Gasteiger partial charge in [0.15, 0.2) is 11.4 Å². The Morgan fingerprint density at radius 3 is 2.28 bits per heavy atom. The molecule has 5 N–H and O–H groups in total. The number of nitrogens with one attached hydrogen (secondary N) is 2. The number of carbonyl (C=O) groups excluding carboxylic acids is 1. The van der Waals surface area contributed by atoms with Crippen molar-refractivity contribution in [2.75, 3.05) is 33.3 Å². The van der Waals surface area contributed by atoms with E-state index in [9.17, 15) is 20.1 Å². The minimum atomic E-state index is -1.43. The highest BCUT2D eigenvalue weighted by Gasteiger charge is 2.37. The number of ether oxygens (including phenoxy) is 1. The van der Waals surface area contributed by atoms with Crippen LogP contribution in [0.4, 0.5) is 0 Å². The Bertz CT molecular complexity index is 2040. The van der Waals surface area contributed by atoms with E-state index in [0.717, 1.165) is 48.1 Å². The Morgan fingerprint density at radius 2 is 1.62 bits per heavy atom. The molecule has 0 fully saturated rings. The lowest BCUT2D eigenvalue weighted by molar-refractivity contribution is -0.106. The number of aliphatic hydroxyl groups excluding tert-OH is 1. The molecular weight excluding hydrogens is 672 g/mol. The molecule has 1 atom stereocenters. The molecule has 1 unspecified atom stereocenters. The lowest BCUT2D eigenvalue weighted by Gasteiger charge is -2.27. The largest absolute Gasteiger partial charge is 0.506 e. The number of aliphatic hydroxyl groups is 2. The number of fused-ring (bicyclic) bond motifs is 1. The SMILES string of the molecule is CC=O.CN(CCCOc1ccc(CCNCC(O)c2ccc(O)c3[nH]c(=O)ccc23)cc1)Cc1cc(C(O)(c2ccccc2)c2ccccc2)no1. The van der Waals surface area contributed by atoms with E-state index in [1.165, 1.54) is 19.1 Å². The van der Waals surface area contributed by atoms with E-state index in [1.54, 1.807) is 12.1 Å². The van der Waals surface area contributed by atoms with Gasteiger partial charge in [0.2, 0.25) is 5.56 Å². The van der Waals surface area contributed by atoms with E-state index in [4.69, 9.17) is 14.1 Å². The summed E-state index contributed by atoms with van der Waals surface area (Å²) in [6.07, 6.45) is 1.54. The standard InChI is InChI=1S/C40H42N4O6.C2H4O/c1-44(27-32-25-37(43-50-32)40(48,29-9-4-2-5-10-29)30-11-6-3-7-12-30)23-8-24-49-31-15-13-28(14-16-31)21-22-41-26-36(46)33-17-19-35(45)39-34(33)18-20-38(47)42-39;1-2-3/h2-7,9-20,25,36,41,45-46,48H,8,21-24,26-27H2,1H3,(H,42,47);2H,1H3. The number of pyridine rings is 1. The van der Waals surface area contributed by atoms with E-state index < -0.39 is 11.7 Å². The molecule has 2 aromatic heterocycles. The van der Waals surface area contributed by atoms with Crippen molar-refractivity contribution < 1.29 is 29.4 Å². The fourth-order valence-electron chi connectivity index (χ4n) is 6.13. The first-order valence-corrected chi connectivity index (χ1v) is 17.6. The molecule has 2 heterocycles. The number of H-pyrrole nitrogens is 1. The summed E-state index contributed by atoms with van der Waals surface area (Å²) in [5, 5.41) is 41.0. The average molecular weight is 719 g/mol. The molecule has 11 nitrogen and oxygen atoms in total. The van der Waals surface area contributed by atoms with Gasteiger partial charge in [0, 0.05) is 30.6 Å². The van der Waals surface area contributed by atoms with Gasteiger partial charge in [-0.3, -0.25) is 9.69 Å². The van der Waals surface area contributed by atoms with Crippen molar-refractivity contribution in [2.24, 2.45) is 0 Å². The van der Waals surface area contributed by atoms with Crippen molar-refractivity contribution in [3.8, 4) is 11.5 Å². The number of aromatic hydroxyl groups is 1. The molecule has 276 valence electrons. The average Bonchev–Trinajstić information content (AvgIpc) is 3.65. The molecule has 0 radical (unpaired) electrons. The Balaban J connectivity index is 0.00000175. The van der Waals surface area contributed by atoms with Crippen molar-refractivity contribution >= 4 is 17.2 Å². The van der Waals surface area contributed by atoms with Gasteiger partial charge in [0.25, 0.3) is 0 Å². The summed E-state index contributed by atoms with van der Waals surface area (Å²) >= 11 is 0. The van der Waals surface area contributed by atoms with Crippen molar-refractivity contribution in [3.05, 3.63) is 159 Å². The van der Waals surface area contributed by atoms with E-state index in [2.05, 4.69) is 20.4 Å². The minimum Gasteiger partial charge on any atom is -0.506 e. The Kier molecular flexibility index (Phi) is 13.7. The van der Waals surface area contributed by atoms with Gasteiger partial charge in [-0.1, -0.05) is 84.0 Å². The number of phenols is 1. The third kappa shape index (κ3) is 10.1. The van der Waals surface area contributed by atoms with E-state index in [-0.39, 0.29) is 11.3 Å². The van der Waals surface area contributed by atoms with Crippen molar-refractivity contribution in [3.63, 3.8) is 0 Å². The molecule has 6 rings (SSSR count). The number of phenolic OH excluding ortho intramolecular Hbond substituents is 1. The molecule has 0 aliphatic rings. The highest BCUT2D eigenvalue weighted by Crippen LogP contribution is 2.36. The normalized spacial score (nSPS) is 11.9. The molecule has 0 bridgehead atoms. The summed E-state index contributed by atoms with van der Waals surface area (Å²) in [5.74, 6) is 1.44. The summed E-state index contributed by atoms with van der Waals surface area (Å²) in [6, 6.07) is 35.0. The van der Waals surface area contributed by atoms with Crippen LogP contribution < -0.4 is 15.6 Å². The summed E-state index contributed by atoms with van der Waals surface area (Å²) in [6.45, 7) is 4.33. The number of aromatic nitrogens is 2. The zero-order valence-corrected chi connectivity index (χ0v) is 29.9. The number of benzene rings is 4. The maximum absolute atomic E-state index is 11.9. The van der Waals surface area contributed by atoms with Gasteiger partial charge in [-0.25, -0.2) is 0 Å². The molecule has 11 heteroatoms. The number of nitrogens with zero attached hydrogens (tertiary/aromatic N) is 2. The van der Waals surface area contributed by atoms with Crippen LogP contribution in [0.15, 0.2) is 125 Å². The number of aldehydes is 1. The van der Waals surface area contributed by atoms with Crippen molar-refractivity contribution in [1.29, 1.82) is 0 Å². The van der Waals surface area contributed by atoms with Crippen LogP contribution in [-0.4, -0.2) is 69.9 Å². The summed E-state index contributed by atoms with van der Waals surface area (Å²) in [4.78, 5) is 25.2. The van der Waals surface area contributed by atoms with Crippen LogP contribution in [0.5, 0.6) is 11.5 Å². The first-order valence-electron chi connectivity index (χ1n) is 17.6. The number of rotatable bonds is 16. The zero-order chi connectivity index (χ0) is 37.6. The van der Waals surface area contributed by atoms with Gasteiger partial charge in [-0.05, 0) is 79.9 Å². The van der Waals surface area contributed by atoms with Crippen LogP contribution in [0.3, 0.4) is 0 Å². The monoisotopic (exact) mass is 718 g/mol. The predicted molar refractivity (Wildman–Crippen MR) is 204 cm³/mol. The van der Waals surface area contributed by atoms with E-state index in [0.29, 0.717) is 54.2 Å². The van der Waals surface area contributed by atoms with Crippen LogP contribution in [0.2, 0.25) is 0 Å². The Hall–Kier alpha value is -5.59. The van der Waals surface area contributed by atoms with Crippen LogP contribution in [0.25, 0.3) is 10.9 Å². The Labute approximate surface area is 308 Å². The van der Waals surface area contributed by atoms with E-state index in [1.807, 2.05) is 98.0 Å². The Morgan fingerprint density at radius 1 is 0.962 bits per heavy atom. The smallest absolute Gasteiger partial charge is 0.248 e. The molecule has 0 aliphatic carbocycles. The highest BCUT2D eigenvalue weighted by atomic mass is 16.5. The van der Waals surface area contributed by atoms with E-state index >= 15 is 0 Å². The van der Waals surface area contributed by atoms with Crippen LogP contribution in [0.1, 0.15) is 53.2 Å². The summed E-state index contributed by atoms with van der Waals surface area (Å²) in [7, 11) is 2.01. The van der Waals surface area contributed by atoms with Gasteiger partial charge in [0.1, 0.15) is 23.5 Å². The van der Waals surface area contributed by atoms with Gasteiger partial charge >= 0.3 is 0 Å². The fourth-order valence-corrected chi connectivity index (χ4v) is 6.13. The zero-order valence-electron chi connectivity index (χ0n) is 29.9. The van der Waals surface area contributed by atoms with Crippen LogP contribution in [0, 0.1) is 0 Å². The van der Waals surface area contributed by atoms with Gasteiger partial charge in [-0.15, -0.1) is 0 Å². The first kappa shape index (κ1) is 38.6. The first-order chi connectivity index (χ1) is 25.7. The molecular formula is C42H46N4O7. The molecule has 0 saturated heterocycles. The molecule has 0 amide bonds. The van der Waals surface area contributed by atoms with Gasteiger partial charge < -0.3 is 39.7 Å². The maximum Gasteiger partial charge on any atom is 0.248 e. The third-order valence-corrected chi connectivity index (χ3v) is 8.81. The number of carbonyl (C=O) groups is 1.